The van der Waals surface area contributed by atoms with Crippen molar-refractivity contribution in [3.05, 3.63) is 57.6 Å². The van der Waals surface area contributed by atoms with E-state index in [4.69, 9.17) is 18.3 Å². The second kappa shape index (κ2) is 15.2. The van der Waals surface area contributed by atoms with Crippen LogP contribution in [0.5, 0.6) is 11.5 Å². The predicted octanol–water partition coefficient (Wildman–Crippen LogP) is 11.0. The van der Waals surface area contributed by atoms with Crippen LogP contribution in [0.4, 0.5) is 0 Å². The third-order valence-corrected chi connectivity index (χ3v) is 8.65. The minimum absolute atomic E-state index is 0.0766. The summed E-state index contributed by atoms with van der Waals surface area (Å²) in [5.74, 6) is 2.44. The summed E-state index contributed by atoms with van der Waals surface area (Å²) in [4.78, 5) is 0. The summed E-state index contributed by atoms with van der Waals surface area (Å²) in [7, 11) is -1.62. The zero-order chi connectivity index (χ0) is 30.2. The van der Waals surface area contributed by atoms with E-state index < -0.39 is 8.60 Å². The lowest BCUT2D eigenvalue weighted by Crippen LogP contribution is -2.20. The van der Waals surface area contributed by atoms with Crippen LogP contribution in [0.25, 0.3) is 0 Å². The quantitative estimate of drug-likeness (QED) is 0.173. The summed E-state index contributed by atoms with van der Waals surface area (Å²) in [6.45, 7) is 24.4. The maximum Gasteiger partial charge on any atom is 0.463 e. The smallest absolute Gasteiger partial charge is 0.417 e. The zero-order valence-corrected chi connectivity index (χ0v) is 28.6. The molecule has 4 nitrogen and oxygen atoms in total. The van der Waals surface area contributed by atoms with Crippen molar-refractivity contribution >= 4 is 8.60 Å². The van der Waals surface area contributed by atoms with Crippen LogP contribution < -0.4 is 9.05 Å². The van der Waals surface area contributed by atoms with Gasteiger partial charge in [0.25, 0.3) is 0 Å². The molecule has 0 saturated heterocycles. The molecular weight excluding hydrogens is 527 g/mol. The van der Waals surface area contributed by atoms with Gasteiger partial charge in [-0.1, -0.05) is 107 Å². The van der Waals surface area contributed by atoms with E-state index in [0.717, 1.165) is 30.8 Å². The predicted molar refractivity (Wildman–Crippen MR) is 174 cm³/mol. The number of benzene rings is 2. The van der Waals surface area contributed by atoms with Crippen LogP contribution in [-0.4, -0.2) is 13.2 Å². The molecule has 0 aromatic heterocycles. The normalized spacial score (nSPS) is 15.5. The Morgan fingerprint density at radius 1 is 0.756 bits per heavy atom. The minimum atomic E-state index is -1.62. The summed E-state index contributed by atoms with van der Waals surface area (Å²) >= 11 is 0. The van der Waals surface area contributed by atoms with Gasteiger partial charge < -0.3 is 13.8 Å². The molecule has 0 spiro atoms. The van der Waals surface area contributed by atoms with Crippen LogP contribution in [0.2, 0.25) is 0 Å². The molecule has 0 saturated carbocycles. The molecule has 0 amide bonds. The number of rotatable bonds is 13. The highest BCUT2D eigenvalue weighted by atomic mass is 31.2. The van der Waals surface area contributed by atoms with Gasteiger partial charge in [0.1, 0.15) is 11.5 Å². The van der Waals surface area contributed by atoms with Crippen molar-refractivity contribution in [2.75, 3.05) is 13.2 Å². The molecule has 5 heteroatoms. The molecule has 1 aliphatic heterocycles. The number of unbranched alkanes of at least 4 members (excludes halogenated alkanes) is 5. The lowest BCUT2D eigenvalue weighted by atomic mass is 9.81. The fourth-order valence-corrected chi connectivity index (χ4v) is 6.59. The van der Waals surface area contributed by atoms with Crippen LogP contribution in [0, 0.1) is 5.92 Å². The third kappa shape index (κ3) is 9.97. The number of hydrogen-bond acceptors (Lipinski definition) is 4. The van der Waals surface area contributed by atoms with Gasteiger partial charge in [-0.3, -0.25) is 4.52 Å². The van der Waals surface area contributed by atoms with E-state index in [1.54, 1.807) is 0 Å². The van der Waals surface area contributed by atoms with Gasteiger partial charge in [-0.05, 0) is 70.9 Å². The number of fused-ring (bicyclic) bond motifs is 2. The van der Waals surface area contributed by atoms with Gasteiger partial charge in [0.15, 0.2) is 0 Å². The molecule has 0 N–H and O–H groups in total. The van der Waals surface area contributed by atoms with Crippen LogP contribution in [0.1, 0.15) is 141 Å². The molecule has 1 unspecified atom stereocenters. The highest BCUT2D eigenvalue weighted by Gasteiger charge is 2.33. The van der Waals surface area contributed by atoms with Gasteiger partial charge in [0.2, 0.25) is 0 Å². The Hall–Kier alpha value is -1.61. The first-order chi connectivity index (χ1) is 19.3. The Labute approximate surface area is 252 Å². The van der Waals surface area contributed by atoms with Crippen molar-refractivity contribution in [1.29, 1.82) is 0 Å². The van der Waals surface area contributed by atoms with Crippen molar-refractivity contribution in [3.63, 3.8) is 0 Å². The molecule has 1 atom stereocenters. The molecule has 2 aromatic rings. The van der Waals surface area contributed by atoms with Crippen LogP contribution in [0.3, 0.4) is 0 Å². The molecule has 41 heavy (non-hydrogen) atoms. The van der Waals surface area contributed by atoms with Crippen LogP contribution >= 0.6 is 8.60 Å². The zero-order valence-electron chi connectivity index (χ0n) is 27.7. The number of hydrogen-bond donors (Lipinski definition) is 0. The Kier molecular flexibility index (Phi) is 12.6. The molecule has 0 aliphatic carbocycles. The van der Waals surface area contributed by atoms with Gasteiger partial charge in [0.05, 0.1) is 13.2 Å². The SMILES string of the molecule is CCCCCCCCOP1Oc2c(cc(COCC)cc2C(C)(C)C)Cc2cc(CC(C)C)cc(C(C)(C)C)c2O1. The third-order valence-electron chi connectivity index (χ3n) is 7.59. The van der Waals surface area contributed by atoms with Crippen molar-refractivity contribution in [2.24, 2.45) is 5.92 Å². The Balaban J connectivity index is 2.10. The highest BCUT2D eigenvalue weighted by Crippen LogP contribution is 2.52. The van der Waals surface area contributed by atoms with Crippen molar-refractivity contribution < 1.29 is 18.3 Å². The van der Waals surface area contributed by atoms with E-state index in [1.807, 2.05) is 6.92 Å². The van der Waals surface area contributed by atoms with E-state index in [1.165, 1.54) is 65.5 Å². The van der Waals surface area contributed by atoms with E-state index in [2.05, 4.69) is 86.6 Å². The average Bonchev–Trinajstić information content (AvgIpc) is 2.86. The summed E-state index contributed by atoms with van der Waals surface area (Å²) in [5.41, 5.74) is 7.20. The topological polar surface area (TPSA) is 36.9 Å². The highest BCUT2D eigenvalue weighted by molar-refractivity contribution is 7.42. The molecular formula is C36H57O4P. The molecule has 1 aliphatic rings. The van der Waals surface area contributed by atoms with Crippen molar-refractivity contribution in [1.82, 2.24) is 0 Å². The Morgan fingerprint density at radius 3 is 1.83 bits per heavy atom. The average molecular weight is 585 g/mol. The van der Waals surface area contributed by atoms with Crippen LogP contribution in [-0.2, 0) is 39.5 Å². The monoisotopic (exact) mass is 584 g/mol. The maximum atomic E-state index is 6.82. The summed E-state index contributed by atoms with van der Waals surface area (Å²) in [6.07, 6.45) is 9.12. The van der Waals surface area contributed by atoms with Crippen LogP contribution in [0.15, 0.2) is 24.3 Å². The maximum absolute atomic E-state index is 6.82. The van der Waals surface area contributed by atoms with Gasteiger partial charge in [0, 0.05) is 24.2 Å². The van der Waals surface area contributed by atoms with Gasteiger partial charge in [-0.25, -0.2) is 0 Å². The molecule has 0 fully saturated rings. The molecule has 2 aromatic carbocycles. The summed E-state index contributed by atoms with van der Waals surface area (Å²) in [6, 6.07) is 9.26. The fraction of sp³-hybridized carbons (Fsp3) is 0.667. The first-order valence-corrected chi connectivity index (χ1v) is 17.1. The second-order valence-corrected chi connectivity index (χ2v) is 15.3. The first kappa shape index (κ1) is 33.9. The molecule has 1 heterocycles. The van der Waals surface area contributed by atoms with E-state index in [9.17, 15) is 0 Å². The minimum Gasteiger partial charge on any atom is -0.417 e. The van der Waals surface area contributed by atoms with E-state index >= 15 is 0 Å². The van der Waals surface area contributed by atoms with Crippen molar-refractivity contribution in [2.45, 2.75) is 138 Å². The lowest BCUT2D eigenvalue weighted by molar-refractivity contribution is 0.134. The second-order valence-electron chi connectivity index (χ2n) is 14.2. The fourth-order valence-electron chi connectivity index (χ4n) is 5.44. The van der Waals surface area contributed by atoms with Crippen molar-refractivity contribution in [3.8, 4) is 11.5 Å². The Morgan fingerprint density at radius 2 is 1.29 bits per heavy atom. The number of ether oxygens (including phenoxy) is 1. The lowest BCUT2D eigenvalue weighted by Gasteiger charge is -2.32. The molecule has 3 rings (SSSR count). The summed E-state index contributed by atoms with van der Waals surface area (Å²) < 4.78 is 25.9. The van der Waals surface area contributed by atoms with E-state index in [0.29, 0.717) is 25.7 Å². The van der Waals surface area contributed by atoms with E-state index in [-0.39, 0.29) is 10.8 Å². The van der Waals surface area contributed by atoms with Gasteiger partial charge in [-0.15, -0.1) is 0 Å². The van der Waals surface area contributed by atoms with Gasteiger partial charge in [-0.2, -0.15) is 0 Å². The largest absolute Gasteiger partial charge is 0.463 e. The van der Waals surface area contributed by atoms with Gasteiger partial charge >= 0.3 is 8.60 Å². The first-order valence-electron chi connectivity index (χ1n) is 16.0. The standard InChI is InChI=1S/C36H57O4P/c1-11-13-14-15-16-17-18-38-41-39-33-29(20-27(19-26(3)4)22-31(33)35(5,6)7)24-30-21-28(25-37-12-2)23-32(34(30)40-41)36(8,9)10/h20-23,26H,11-19,24-25H2,1-10H3. The molecule has 0 radical (unpaired) electrons. The Bertz CT molecular complexity index is 1110. The molecule has 230 valence electrons. The summed E-state index contributed by atoms with van der Waals surface area (Å²) in [5, 5.41) is 0. The molecule has 0 bridgehead atoms.